The number of aliphatic hydroxyl groups excluding tert-OH is 1. The molecule has 5 N–H and O–H groups in total. The Morgan fingerprint density at radius 1 is 0.885 bits per heavy atom. The van der Waals surface area contributed by atoms with Crippen molar-refractivity contribution >= 4 is 23.0 Å². The van der Waals surface area contributed by atoms with Gasteiger partial charge in [-0.15, -0.1) is 0 Å². The number of aromatic nitrogens is 1. The zero-order chi connectivity index (χ0) is 37.3. The van der Waals surface area contributed by atoms with Crippen molar-refractivity contribution in [2.45, 2.75) is 77.6 Å². The molecule has 1 atom stereocenters. The lowest BCUT2D eigenvalue weighted by Gasteiger charge is -2.17. The molecular weight excluding hydrogens is 650 g/mol. The number of carbonyl (C=O) groups is 2. The van der Waals surface area contributed by atoms with E-state index in [0.29, 0.717) is 41.3 Å². The quantitative estimate of drug-likeness (QED) is 0.0382. The molecule has 8 nitrogen and oxygen atoms in total. The van der Waals surface area contributed by atoms with Gasteiger partial charge in [0.1, 0.15) is 11.6 Å². The van der Waals surface area contributed by atoms with E-state index >= 15 is 0 Å². The number of nitrogen functional groups attached to an aromatic ring is 1. The number of ether oxygens (including phenoxy) is 1. The summed E-state index contributed by atoms with van der Waals surface area (Å²) < 4.78 is 5.40. The number of aromatic hydroxyl groups is 1. The van der Waals surface area contributed by atoms with E-state index in [1.165, 1.54) is 29.9 Å². The van der Waals surface area contributed by atoms with Gasteiger partial charge in [0.25, 0.3) is 0 Å². The first-order chi connectivity index (χ1) is 25.2. The number of aryl methyl sites for hydroxylation is 4. The number of nitrogens with one attached hydrogen (secondary N) is 1. The Morgan fingerprint density at radius 3 is 2.31 bits per heavy atom. The molecule has 0 fully saturated rings. The summed E-state index contributed by atoms with van der Waals surface area (Å²) in [7, 11) is 3.40. The van der Waals surface area contributed by atoms with Gasteiger partial charge in [-0.1, -0.05) is 74.4 Å². The lowest BCUT2D eigenvalue weighted by atomic mass is 9.91. The molecule has 4 aromatic rings. The number of aliphatic hydroxyl groups is 1. The number of ketones is 2. The summed E-state index contributed by atoms with van der Waals surface area (Å²) in [6.07, 6.45) is 10.9. The molecule has 1 heterocycles. The van der Waals surface area contributed by atoms with Crippen molar-refractivity contribution in [1.82, 2.24) is 10.3 Å². The first-order valence-corrected chi connectivity index (χ1v) is 18.4. The van der Waals surface area contributed by atoms with Gasteiger partial charge in [0.15, 0.2) is 17.3 Å². The van der Waals surface area contributed by atoms with Crippen LogP contribution in [0, 0.1) is 5.92 Å². The summed E-state index contributed by atoms with van der Waals surface area (Å²) in [5.74, 6) is 0.697. The van der Waals surface area contributed by atoms with Crippen LogP contribution in [0.25, 0.3) is 5.57 Å². The van der Waals surface area contributed by atoms with Crippen molar-refractivity contribution < 1.29 is 24.5 Å². The van der Waals surface area contributed by atoms with Crippen LogP contribution in [-0.4, -0.2) is 54.1 Å². The molecule has 0 aliphatic heterocycles. The topological polar surface area (TPSA) is 135 Å². The third kappa shape index (κ3) is 12.8. The molecule has 0 spiro atoms. The maximum Gasteiger partial charge on any atom is 0.163 e. The lowest BCUT2D eigenvalue weighted by Crippen LogP contribution is -2.15. The lowest BCUT2D eigenvalue weighted by molar-refractivity contribution is -0.124. The summed E-state index contributed by atoms with van der Waals surface area (Å²) in [6, 6.07) is 24.3. The van der Waals surface area contributed by atoms with Crippen molar-refractivity contribution in [3.8, 4) is 11.5 Å². The first kappa shape index (κ1) is 40.0. The monoisotopic (exact) mass is 705 g/mol. The van der Waals surface area contributed by atoms with E-state index in [0.717, 1.165) is 69.0 Å². The van der Waals surface area contributed by atoms with Gasteiger partial charge in [0, 0.05) is 12.6 Å². The van der Waals surface area contributed by atoms with Gasteiger partial charge in [-0.3, -0.25) is 9.59 Å². The average Bonchev–Trinajstić information content (AvgIpc) is 3.14. The number of Topliss-reactive ketones (excluding diaryl/α,β-unsaturated/α-hetero) is 1. The molecule has 1 aromatic heterocycles. The normalized spacial score (nSPS) is 12.1. The maximum absolute atomic E-state index is 13.1. The van der Waals surface area contributed by atoms with Crippen molar-refractivity contribution in [2.75, 3.05) is 33.0 Å². The number of carbonyl (C=O) groups excluding carboxylic acids is 2. The molecule has 276 valence electrons. The minimum absolute atomic E-state index is 0.0577. The van der Waals surface area contributed by atoms with Crippen LogP contribution in [0.3, 0.4) is 0 Å². The predicted octanol–water partition coefficient (Wildman–Crippen LogP) is 7.25. The Hall–Kier alpha value is -4.79. The molecule has 52 heavy (non-hydrogen) atoms. The summed E-state index contributed by atoms with van der Waals surface area (Å²) in [5, 5.41) is 24.4. The number of benzene rings is 3. The van der Waals surface area contributed by atoms with Crippen LogP contribution in [0.1, 0.15) is 84.4 Å². The molecule has 3 aromatic carbocycles. The highest BCUT2D eigenvalue weighted by Gasteiger charge is 2.18. The Kier molecular flexibility index (Phi) is 16.1. The smallest absolute Gasteiger partial charge is 0.163 e. The second-order valence-corrected chi connectivity index (χ2v) is 13.8. The van der Waals surface area contributed by atoms with E-state index in [-0.39, 0.29) is 29.5 Å². The largest absolute Gasteiger partial charge is 0.504 e. The number of hydrogen-bond acceptors (Lipinski definition) is 8. The van der Waals surface area contributed by atoms with Crippen LogP contribution in [0.4, 0.5) is 5.82 Å². The first-order valence-electron chi connectivity index (χ1n) is 18.4. The summed E-state index contributed by atoms with van der Waals surface area (Å²) in [4.78, 5) is 30.1. The average molecular weight is 706 g/mol. The van der Waals surface area contributed by atoms with Gasteiger partial charge in [0.2, 0.25) is 0 Å². The fourth-order valence-corrected chi connectivity index (χ4v) is 6.69. The Bertz CT molecular complexity index is 1790. The molecule has 4 rings (SSSR count). The van der Waals surface area contributed by atoms with Crippen LogP contribution < -0.4 is 15.8 Å². The number of nitrogens with two attached hydrogens (primary N) is 1. The van der Waals surface area contributed by atoms with E-state index in [9.17, 15) is 19.8 Å². The fourth-order valence-electron chi connectivity index (χ4n) is 6.69. The van der Waals surface area contributed by atoms with Gasteiger partial charge >= 0.3 is 0 Å². The summed E-state index contributed by atoms with van der Waals surface area (Å²) >= 11 is 0. The highest BCUT2D eigenvalue weighted by Crippen LogP contribution is 2.35. The van der Waals surface area contributed by atoms with Gasteiger partial charge < -0.3 is 26.0 Å². The molecule has 0 amide bonds. The molecule has 0 saturated heterocycles. The second kappa shape index (κ2) is 20.9. The zero-order valence-electron chi connectivity index (χ0n) is 31.0. The number of phenolic OH excluding ortho intramolecular Hbond substituents is 1. The summed E-state index contributed by atoms with van der Waals surface area (Å²) in [6.45, 7) is 2.75. The number of anilines is 1. The number of hydrogen-bond donors (Lipinski definition) is 4. The number of phenols is 1. The van der Waals surface area contributed by atoms with Gasteiger partial charge in [0.05, 0.1) is 20.1 Å². The van der Waals surface area contributed by atoms with Crippen molar-refractivity contribution in [1.29, 1.82) is 0 Å². The van der Waals surface area contributed by atoms with Crippen LogP contribution in [0.2, 0.25) is 0 Å². The van der Waals surface area contributed by atoms with E-state index in [1.807, 2.05) is 19.2 Å². The molecule has 8 heteroatoms. The van der Waals surface area contributed by atoms with E-state index in [4.69, 9.17) is 10.5 Å². The minimum atomic E-state index is -0.431. The highest BCUT2D eigenvalue weighted by molar-refractivity contribution is 6.07. The van der Waals surface area contributed by atoms with Crippen LogP contribution >= 0.6 is 0 Å². The van der Waals surface area contributed by atoms with Crippen molar-refractivity contribution in [3.05, 3.63) is 124 Å². The van der Waals surface area contributed by atoms with Crippen LogP contribution in [0.5, 0.6) is 11.5 Å². The van der Waals surface area contributed by atoms with Crippen LogP contribution in [0.15, 0.2) is 85.1 Å². The number of allylic oxidation sites excluding steroid dienone is 1. The van der Waals surface area contributed by atoms with E-state index in [2.05, 4.69) is 65.8 Å². The number of pyridine rings is 1. The predicted molar refractivity (Wildman–Crippen MR) is 210 cm³/mol. The van der Waals surface area contributed by atoms with Gasteiger partial charge in [-0.2, -0.15) is 0 Å². The Morgan fingerprint density at radius 2 is 1.60 bits per heavy atom. The SMILES string of the molecule is CNC[C@H](C)CCCCCC(=O)CC(=O)C=C(CO)c1cc(OC)c(O)cc1Cc1cnc(N)cc1CCc1cccc(CCc2ccccc2)c1. The van der Waals surface area contributed by atoms with E-state index in [1.54, 1.807) is 18.3 Å². The molecule has 0 bridgehead atoms. The van der Waals surface area contributed by atoms with Gasteiger partial charge in [-0.05, 0) is 133 Å². The molecule has 0 unspecified atom stereocenters. The van der Waals surface area contributed by atoms with Gasteiger partial charge in [-0.25, -0.2) is 4.98 Å². The highest BCUT2D eigenvalue weighted by atomic mass is 16.5. The zero-order valence-corrected chi connectivity index (χ0v) is 31.0. The number of rotatable bonds is 22. The molecule has 0 aliphatic carbocycles. The minimum Gasteiger partial charge on any atom is -0.504 e. The molecule has 0 saturated carbocycles. The van der Waals surface area contributed by atoms with E-state index < -0.39 is 6.61 Å². The summed E-state index contributed by atoms with van der Waals surface area (Å²) in [5.41, 5.74) is 13.5. The van der Waals surface area contributed by atoms with Crippen molar-refractivity contribution in [2.24, 2.45) is 5.92 Å². The fraction of sp³-hybridized carbons (Fsp3) is 0.386. The van der Waals surface area contributed by atoms with Crippen molar-refractivity contribution in [3.63, 3.8) is 0 Å². The molecule has 0 aliphatic rings. The molecular formula is C44H55N3O5. The third-order valence-electron chi connectivity index (χ3n) is 9.54. The molecule has 0 radical (unpaired) electrons. The number of methoxy groups -OCH3 is 1. The Labute approximate surface area is 309 Å². The van der Waals surface area contributed by atoms with Crippen LogP contribution in [-0.2, 0) is 41.7 Å². The standard InChI is InChI=1S/C44H55N3O5/c1-31(28-46-2)11-6-4-9-16-39(49)26-40(50)23-38(30-48)41-27-43(52-3)42(51)24-36(41)22-37-29-47-44(45)25-35(37)20-19-34-15-10-14-33(21-34)18-17-32-12-7-5-8-13-32/h5,7-8,10,12-15,21,23-25,27,29,31,46,48,51H,4,6,9,11,16-20,22,26,28,30H2,1-3H3,(H2,45,47)/t31-/m1/s1. The maximum atomic E-state index is 13.1. The Balaban J connectivity index is 1.46. The third-order valence-corrected chi connectivity index (χ3v) is 9.54. The second-order valence-electron chi connectivity index (χ2n) is 13.8. The number of nitrogens with zero attached hydrogens (tertiary/aromatic N) is 1. The number of unbranched alkanes of at least 4 members (excludes halogenated alkanes) is 2.